The summed E-state index contributed by atoms with van der Waals surface area (Å²) >= 11 is 0. The summed E-state index contributed by atoms with van der Waals surface area (Å²) in [5.74, 6) is -0.343. The van der Waals surface area contributed by atoms with Crippen LogP contribution < -0.4 is 16.0 Å². The van der Waals surface area contributed by atoms with Crippen LogP contribution in [0.5, 0.6) is 0 Å². The first-order valence-electron chi connectivity index (χ1n) is 7.72. The Balaban J connectivity index is 1.87. The van der Waals surface area contributed by atoms with Gasteiger partial charge in [-0.15, -0.1) is 0 Å². The van der Waals surface area contributed by atoms with Gasteiger partial charge in [0.15, 0.2) is 11.6 Å². The Morgan fingerprint density at radius 3 is 2.48 bits per heavy atom. The number of nitrogens with one attached hydrogen (secondary N) is 1. The van der Waals surface area contributed by atoms with Gasteiger partial charge in [0.25, 0.3) is 0 Å². The molecule has 1 aliphatic heterocycles. The molecule has 23 heavy (non-hydrogen) atoms. The van der Waals surface area contributed by atoms with Crippen molar-refractivity contribution in [1.82, 2.24) is 9.97 Å². The van der Waals surface area contributed by atoms with Crippen molar-refractivity contribution in [2.45, 2.75) is 25.7 Å². The first-order valence-corrected chi connectivity index (χ1v) is 7.72. The number of nitrogen functional groups attached to an aromatic ring is 1. The van der Waals surface area contributed by atoms with Gasteiger partial charge >= 0.3 is 0 Å². The Labute approximate surface area is 133 Å². The van der Waals surface area contributed by atoms with Crippen LogP contribution >= 0.6 is 0 Å². The van der Waals surface area contributed by atoms with E-state index in [9.17, 15) is 8.78 Å². The Morgan fingerprint density at radius 1 is 1.04 bits per heavy atom. The van der Waals surface area contributed by atoms with Gasteiger partial charge in [-0.1, -0.05) is 12.8 Å². The lowest BCUT2D eigenvalue weighted by atomic mass is 10.2. The molecule has 1 fully saturated rings. The molecule has 1 saturated heterocycles. The number of nitrogens with zero attached hydrogens (tertiary/aromatic N) is 3. The van der Waals surface area contributed by atoms with E-state index in [0.717, 1.165) is 32.0 Å². The number of rotatable bonds is 3. The molecular weight excluding hydrogens is 300 g/mol. The number of hydrogen-bond donors (Lipinski definition) is 2. The van der Waals surface area contributed by atoms with E-state index in [4.69, 9.17) is 5.73 Å². The predicted octanol–water partition coefficient (Wildman–Crippen LogP) is 3.46. The second-order valence-corrected chi connectivity index (χ2v) is 5.61. The van der Waals surface area contributed by atoms with Gasteiger partial charge in [-0.2, -0.15) is 0 Å². The van der Waals surface area contributed by atoms with Gasteiger partial charge in [-0.3, -0.25) is 0 Å². The Morgan fingerprint density at radius 2 is 1.78 bits per heavy atom. The third kappa shape index (κ3) is 3.49. The molecule has 122 valence electrons. The highest BCUT2D eigenvalue weighted by Gasteiger charge is 2.17. The second-order valence-electron chi connectivity index (χ2n) is 5.61. The zero-order valence-corrected chi connectivity index (χ0v) is 12.7. The van der Waals surface area contributed by atoms with E-state index >= 15 is 0 Å². The van der Waals surface area contributed by atoms with E-state index in [1.165, 1.54) is 31.3 Å². The van der Waals surface area contributed by atoms with Gasteiger partial charge in [0.2, 0.25) is 0 Å². The summed E-state index contributed by atoms with van der Waals surface area (Å²) in [5, 5.41) is 2.82. The summed E-state index contributed by atoms with van der Waals surface area (Å²) in [6.07, 6.45) is 6.00. The minimum Gasteiger partial charge on any atom is -0.393 e. The highest BCUT2D eigenvalue weighted by atomic mass is 19.1. The lowest BCUT2D eigenvalue weighted by Crippen LogP contribution is -2.26. The van der Waals surface area contributed by atoms with Crippen molar-refractivity contribution in [3.63, 3.8) is 0 Å². The van der Waals surface area contributed by atoms with Crippen LogP contribution in [0.2, 0.25) is 0 Å². The first-order chi connectivity index (χ1) is 11.1. The number of nitrogens with two attached hydrogens (primary N) is 1. The molecular formula is C16H19F2N5. The fourth-order valence-electron chi connectivity index (χ4n) is 2.74. The second kappa shape index (κ2) is 6.76. The minimum absolute atomic E-state index is 0.124. The standard InChI is InChI=1S/C16H19F2N5/c17-11-5-6-13(12(18)9-11)22-15-14(19)16(21-10-20-15)23-7-3-1-2-4-8-23/h5-6,9-10H,1-4,7-8,19H2,(H,20,21,22). The van der Waals surface area contributed by atoms with Gasteiger partial charge in [0, 0.05) is 19.2 Å². The number of halogens is 2. The minimum atomic E-state index is -0.695. The molecule has 0 unspecified atom stereocenters. The van der Waals surface area contributed by atoms with Crippen molar-refractivity contribution < 1.29 is 8.78 Å². The number of benzene rings is 1. The average Bonchev–Trinajstić information content (AvgIpc) is 2.81. The molecule has 1 aromatic carbocycles. The van der Waals surface area contributed by atoms with E-state index in [0.29, 0.717) is 17.3 Å². The van der Waals surface area contributed by atoms with Crippen molar-refractivity contribution in [2.24, 2.45) is 0 Å². The lowest BCUT2D eigenvalue weighted by Gasteiger charge is -2.23. The zero-order chi connectivity index (χ0) is 16.2. The van der Waals surface area contributed by atoms with Crippen LogP contribution in [0.1, 0.15) is 25.7 Å². The zero-order valence-electron chi connectivity index (χ0n) is 12.7. The first kappa shape index (κ1) is 15.5. The molecule has 0 bridgehead atoms. The number of hydrogen-bond acceptors (Lipinski definition) is 5. The van der Waals surface area contributed by atoms with Crippen LogP contribution in [0, 0.1) is 11.6 Å². The van der Waals surface area contributed by atoms with Crippen LogP contribution in [0.25, 0.3) is 0 Å². The highest BCUT2D eigenvalue weighted by molar-refractivity contribution is 5.78. The van der Waals surface area contributed by atoms with Crippen LogP contribution in [0.3, 0.4) is 0 Å². The van der Waals surface area contributed by atoms with Crippen LogP contribution in [-0.4, -0.2) is 23.1 Å². The summed E-state index contributed by atoms with van der Waals surface area (Å²) in [6.45, 7) is 1.79. The molecule has 1 aromatic heterocycles. The number of anilines is 4. The summed E-state index contributed by atoms with van der Waals surface area (Å²) in [5.41, 5.74) is 6.66. The molecule has 2 aromatic rings. The molecule has 0 saturated carbocycles. The van der Waals surface area contributed by atoms with E-state index in [1.54, 1.807) is 0 Å². The SMILES string of the molecule is Nc1c(Nc2ccc(F)cc2F)ncnc1N1CCCCCC1. The normalized spacial score (nSPS) is 15.3. The molecule has 7 heteroatoms. The molecule has 0 atom stereocenters. The quantitative estimate of drug-likeness (QED) is 0.907. The predicted molar refractivity (Wildman–Crippen MR) is 86.8 cm³/mol. The molecule has 0 radical (unpaired) electrons. The fraction of sp³-hybridized carbons (Fsp3) is 0.375. The van der Waals surface area contributed by atoms with Crippen molar-refractivity contribution in [2.75, 3.05) is 29.0 Å². The maximum Gasteiger partial charge on any atom is 0.159 e. The van der Waals surface area contributed by atoms with Crippen molar-refractivity contribution >= 4 is 23.0 Å². The third-order valence-corrected chi connectivity index (χ3v) is 3.95. The third-order valence-electron chi connectivity index (χ3n) is 3.95. The Hall–Kier alpha value is -2.44. The average molecular weight is 319 g/mol. The van der Waals surface area contributed by atoms with Crippen LogP contribution in [-0.2, 0) is 0 Å². The van der Waals surface area contributed by atoms with Crippen molar-refractivity contribution in [3.8, 4) is 0 Å². The summed E-state index contributed by atoms with van der Waals surface area (Å²) in [7, 11) is 0. The van der Waals surface area contributed by atoms with Crippen molar-refractivity contribution in [1.29, 1.82) is 0 Å². The lowest BCUT2D eigenvalue weighted by molar-refractivity contribution is 0.586. The monoisotopic (exact) mass is 319 g/mol. The number of aromatic nitrogens is 2. The molecule has 2 heterocycles. The molecule has 3 rings (SSSR count). The van der Waals surface area contributed by atoms with Gasteiger partial charge in [-0.25, -0.2) is 18.7 Å². The van der Waals surface area contributed by atoms with E-state index in [1.807, 2.05) is 0 Å². The van der Waals surface area contributed by atoms with Gasteiger partial charge in [0.05, 0.1) is 5.69 Å². The Bertz CT molecular complexity index is 684. The van der Waals surface area contributed by atoms with Gasteiger partial charge < -0.3 is 16.0 Å². The van der Waals surface area contributed by atoms with Gasteiger partial charge in [0.1, 0.15) is 23.6 Å². The molecule has 0 spiro atoms. The van der Waals surface area contributed by atoms with Gasteiger partial charge in [-0.05, 0) is 25.0 Å². The van der Waals surface area contributed by atoms with Crippen LogP contribution in [0.15, 0.2) is 24.5 Å². The van der Waals surface area contributed by atoms with E-state index in [-0.39, 0.29) is 5.69 Å². The van der Waals surface area contributed by atoms with Crippen molar-refractivity contribution in [3.05, 3.63) is 36.2 Å². The summed E-state index contributed by atoms with van der Waals surface area (Å²) < 4.78 is 26.8. The smallest absolute Gasteiger partial charge is 0.159 e. The van der Waals surface area contributed by atoms with E-state index < -0.39 is 11.6 Å². The molecule has 1 aliphatic rings. The largest absolute Gasteiger partial charge is 0.393 e. The summed E-state index contributed by atoms with van der Waals surface area (Å²) in [4.78, 5) is 10.5. The molecule has 5 nitrogen and oxygen atoms in total. The highest BCUT2D eigenvalue weighted by Crippen LogP contribution is 2.30. The van der Waals surface area contributed by atoms with E-state index in [2.05, 4.69) is 20.2 Å². The maximum absolute atomic E-state index is 13.8. The topological polar surface area (TPSA) is 67.1 Å². The summed E-state index contributed by atoms with van der Waals surface area (Å²) in [6, 6.07) is 3.31. The maximum atomic E-state index is 13.8. The molecule has 3 N–H and O–H groups in total. The molecule has 0 amide bonds. The molecule has 0 aliphatic carbocycles. The fourth-order valence-corrected chi connectivity index (χ4v) is 2.74. The Kier molecular flexibility index (Phi) is 4.55. The van der Waals surface area contributed by atoms with Crippen LogP contribution in [0.4, 0.5) is 31.8 Å².